The summed E-state index contributed by atoms with van der Waals surface area (Å²) in [6.07, 6.45) is 2.67. The highest BCUT2D eigenvalue weighted by Gasteiger charge is 2.33. The molecule has 0 heterocycles. The second-order valence-corrected chi connectivity index (χ2v) is 7.14. The molecule has 128 valence electrons. The molecule has 0 radical (unpaired) electrons. The third-order valence-electron chi connectivity index (χ3n) is 5.06. The molecule has 1 aromatic rings. The molecule has 0 spiro atoms. The number of ether oxygens (including phenoxy) is 1. The lowest BCUT2D eigenvalue weighted by Crippen LogP contribution is -2.32. The molecular weight excluding hydrogens is 292 g/mol. The van der Waals surface area contributed by atoms with Crippen LogP contribution in [0.1, 0.15) is 55.7 Å². The fraction of sp³-hybridized carbons (Fsp3) is 0.632. The highest BCUT2D eigenvalue weighted by molar-refractivity contribution is 5.68. The summed E-state index contributed by atoms with van der Waals surface area (Å²) in [6, 6.07) is 3.86. The number of rotatable bonds is 5. The van der Waals surface area contributed by atoms with E-state index in [9.17, 15) is 9.90 Å². The maximum Gasteiger partial charge on any atom is 0.341 e. The van der Waals surface area contributed by atoms with E-state index in [0.29, 0.717) is 23.5 Å². The van der Waals surface area contributed by atoms with Crippen LogP contribution >= 0.6 is 0 Å². The summed E-state index contributed by atoms with van der Waals surface area (Å²) >= 11 is 0. The molecule has 1 saturated carbocycles. The van der Waals surface area contributed by atoms with Gasteiger partial charge in [-0.25, -0.2) is 4.79 Å². The molecule has 1 fully saturated rings. The van der Waals surface area contributed by atoms with Crippen LogP contribution in [-0.4, -0.2) is 28.9 Å². The molecule has 4 heteroatoms. The van der Waals surface area contributed by atoms with E-state index >= 15 is 0 Å². The van der Waals surface area contributed by atoms with E-state index in [0.717, 1.165) is 30.4 Å². The first kappa shape index (κ1) is 17.8. The molecule has 4 nitrogen and oxygen atoms in total. The third kappa shape index (κ3) is 4.25. The summed E-state index contributed by atoms with van der Waals surface area (Å²) in [6.45, 7) is 8.16. The fourth-order valence-electron chi connectivity index (χ4n) is 3.98. The Morgan fingerprint density at radius 2 is 1.87 bits per heavy atom. The van der Waals surface area contributed by atoms with Gasteiger partial charge in [0.2, 0.25) is 0 Å². The second kappa shape index (κ2) is 7.35. The molecule has 1 aliphatic rings. The van der Waals surface area contributed by atoms with Gasteiger partial charge in [0.1, 0.15) is 5.75 Å². The van der Waals surface area contributed by atoms with E-state index in [2.05, 4.69) is 27.7 Å². The Hall–Kier alpha value is -1.55. The molecule has 3 atom stereocenters. The normalized spacial score (nSPS) is 24.7. The summed E-state index contributed by atoms with van der Waals surface area (Å²) in [4.78, 5) is 10.6. The number of carbonyl (C=O) groups is 1. The van der Waals surface area contributed by atoms with E-state index in [1.807, 2.05) is 12.1 Å². The van der Waals surface area contributed by atoms with Gasteiger partial charge in [-0.15, -0.1) is 0 Å². The Morgan fingerprint density at radius 3 is 2.39 bits per heavy atom. The molecule has 1 aliphatic carbocycles. The van der Waals surface area contributed by atoms with Crippen LogP contribution in [0.4, 0.5) is 0 Å². The zero-order valence-corrected chi connectivity index (χ0v) is 14.5. The molecule has 2 rings (SSSR count). The summed E-state index contributed by atoms with van der Waals surface area (Å²) in [7, 11) is 0. The third-order valence-corrected chi connectivity index (χ3v) is 5.06. The van der Waals surface area contributed by atoms with Crippen molar-refractivity contribution < 1.29 is 19.7 Å². The fourth-order valence-corrected chi connectivity index (χ4v) is 3.98. The molecule has 0 aromatic heterocycles. The minimum atomic E-state index is -0.967. The van der Waals surface area contributed by atoms with Crippen LogP contribution in [-0.2, 0) is 4.79 Å². The van der Waals surface area contributed by atoms with Crippen LogP contribution in [0.15, 0.2) is 12.1 Å². The zero-order valence-electron chi connectivity index (χ0n) is 14.5. The lowest BCUT2D eigenvalue weighted by molar-refractivity contribution is -0.139. The number of carboxylic acids is 1. The Morgan fingerprint density at radius 1 is 1.26 bits per heavy atom. The Labute approximate surface area is 138 Å². The van der Waals surface area contributed by atoms with Crippen LogP contribution in [0.5, 0.6) is 5.75 Å². The first-order valence-electron chi connectivity index (χ1n) is 8.43. The molecule has 0 bridgehead atoms. The SMILES string of the molecule is Cc1cc(OCC(=O)O)cc(C)c1C1CCC(O)C(C(C)C)C1. The van der Waals surface area contributed by atoms with Crippen molar-refractivity contribution in [2.24, 2.45) is 11.8 Å². The van der Waals surface area contributed by atoms with Gasteiger partial charge >= 0.3 is 5.97 Å². The molecular formula is C19H28O4. The summed E-state index contributed by atoms with van der Waals surface area (Å²) in [5.74, 6) is 0.925. The lowest BCUT2D eigenvalue weighted by atomic mass is 9.71. The number of aliphatic hydroxyl groups is 1. The molecule has 0 amide bonds. The Kier molecular flexibility index (Phi) is 5.69. The van der Waals surface area contributed by atoms with E-state index in [1.165, 1.54) is 5.56 Å². The quantitative estimate of drug-likeness (QED) is 0.869. The van der Waals surface area contributed by atoms with Gasteiger partial charge in [0.05, 0.1) is 6.10 Å². The summed E-state index contributed by atoms with van der Waals surface area (Å²) < 4.78 is 5.31. The molecule has 23 heavy (non-hydrogen) atoms. The van der Waals surface area contributed by atoms with Crippen LogP contribution in [0.3, 0.4) is 0 Å². The number of aliphatic carboxylic acids is 1. The van der Waals surface area contributed by atoms with Crippen LogP contribution in [0.25, 0.3) is 0 Å². The smallest absolute Gasteiger partial charge is 0.341 e. The van der Waals surface area contributed by atoms with Crippen molar-refractivity contribution in [2.75, 3.05) is 6.61 Å². The lowest BCUT2D eigenvalue weighted by Gasteiger charge is -2.37. The molecule has 1 aromatic carbocycles. The van der Waals surface area contributed by atoms with E-state index in [-0.39, 0.29) is 12.7 Å². The molecule has 0 saturated heterocycles. The minimum absolute atomic E-state index is 0.190. The number of aliphatic hydroxyl groups excluding tert-OH is 1. The van der Waals surface area contributed by atoms with Crippen molar-refractivity contribution in [3.8, 4) is 5.75 Å². The van der Waals surface area contributed by atoms with Gasteiger partial charge in [0.25, 0.3) is 0 Å². The van der Waals surface area contributed by atoms with Crippen molar-refractivity contribution in [2.45, 2.75) is 59.0 Å². The number of aryl methyl sites for hydroxylation is 2. The van der Waals surface area contributed by atoms with Gasteiger partial charge in [0.15, 0.2) is 6.61 Å². The number of carboxylic acid groups (broad SMARTS) is 1. The monoisotopic (exact) mass is 320 g/mol. The first-order chi connectivity index (χ1) is 10.8. The van der Waals surface area contributed by atoms with Crippen LogP contribution < -0.4 is 4.74 Å². The van der Waals surface area contributed by atoms with E-state index in [1.54, 1.807) is 0 Å². The van der Waals surface area contributed by atoms with Gasteiger partial charge < -0.3 is 14.9 Å². The predicted molar refractivity (Wildman–Crippen MR) is 90.0 cm³/mol. The van der Waals surface area contributed by atoms with Gasteiger partial charge in [-0.1, -0.05) is 13.8 Å². The first-order valence-corrected chi connectivity index (χ1v) is 8.43. The summed E-state index contributed by atoms with van der Waals surface area (Å²) in [5, 5.41) is 19.0. The van der Waals surface area contributed by atoms with Crippen LogP contribution in [0.2, 0.25) is 0 Å². The van der Waals surface area contributed by atoms with Crippen molar-refractivity contribution in [3.63, 3.8) is 0 Å². The maximum absolute atomic E-state index is 10.6. The largest absolute Gasteiger partial charge is 0.482 e. The van der Waals surface area contributed by atoms with Crippen molar-refractivity contribution in [1.29, 1.82) is 0 Å². The van der Waals surface area contributed by atoms with Crippen molar-refractivity contribution >= 4 is 5.97 Å². The van der Waals surface area contributed by atoms with Gasteiger partial charge in [-0.05, 0) is 79.7 Å². The van der Waals surface area contributed by atoms with Crippen LogP contribution in [0, 0.1) is 25.7 Å². The van der Waals surface area contributed by atoms with Crippen molar-refractivity contribution in [3.05, 3.63) is 28.8 Å². The second-order valence-electron chi connectivity index (χ2n) is 7.14. The highest BCUT2D eigenvalue weighted by atomic mass is 16.5. The number of hydrogen-bond acceptors (Lipinski definition) is 3. The van der Waals surface area contributed by atoms with E-state index < -0.39 is 5.97 Å². The maximum atomic E-state index is 10.6. The van der Waals surface area contributed by atoms with Crippen molar-refractivity contribution in [1.82, 2.24) is 0 Å². The average molecular weight is 320 g/mol. The Balaban J connectivity index is 2.21. The average Bonchev–Trinajstić information content (AvgIpc) is 2.45. The standard InChI is InChI=1S/C19H28O4/c1-11(2)16-9-14(5-6-17(16)20)19-12(3)7-15(8-13(19)4)23-10-18(21)22/h7-8,11,14,16-17,20H,5-6,9-10H2,1-4H3,(H,21,22). The van der Waals surface area contributed by atoms with Gasteiger partial charge in [-0.3, -0.25) is 0 Å². The number of hydrogen-bond donors (Lipinski definition) is 2. The minimum Gasteiger partial charge on any atom is -0.482 e. The Bertz CT molecular complexity index is 541. The molecule has 2 N–H and O–H groups in total. The van der Waals surface area contributed by atoms with E-state index in [4.69, 9.17) is 9.84 Å². The summed E-state index contributed by atoms with van der Waals surface area (Å²) in [5.41, 5.74) is 3.63. The van der Waals surface area contributed by atoms with Gasteiger partial charge in [0, 0.05) is 0 Å². The highest BCUT2D eigenvalue weighted by Crippen LogP contribution is 2.42. The van der Waals surface area contributed by atoms with Gasteiger partial charge in [-0.2, -0.15) is 0 Å². The topological polar surface area (TPSA) is 66.8 Å². The number of benzene rings is 1. The predicted octanol–water partition coefficient (Wildman–Crippen LogP) is 3.67. The zero-order chi connectivity index (χ0) is 17.1. The molecule has 3 unspecified atom stereocenters. The molecule has 0 aliphatic heterocycles.